The maximum atomic E-state index is 13.0. The molecule has 0 amide bonds. The molecule has 2 aromatic rings. The minimum absolute atomic E-state index is 0.0528. The molecule has 3 nitrogen and oxygen atoms in total. The van der Waals surface area contributed by atoms with Crippen LogP contribution in [-0.4, -0.2) is 17.0 Å². The Labute approximate surface area is 108 Å². The van der Waals surface area contributed by atoms with Crippen LogP contribution in [0, 0.1) is 6.92 Å². The highest BCUT2D eigenvalue weighted by Crippen LogP contribution is 2.26. The Morgan fingerprint density at radius 3 is 2.42 bits per heavy atom. The fourth-order valence-electron chi connectivity index (χ4n) is 1.64. The zero-order valence-electron chi connectivity index (χ0n) is 10.2. The number of halogens is 2. The van der Waals surface area contributed by atoms with Crippen molar-refractivity contribution in [1.82, 2.24) is 0 Å². The molecule has 0 aliphatic heterocycles. The Morgan fingerprint density at radius 1 is 1.21 bits per heavy atom. The molecule has 0 bridgehead atoms. The van der Waals surface area contributed by atoms with Crippen molar-refractivity contribution < 1.29 is 23.1 Å². The fourth-order valence-corrected chi connectivity index (χ4v) is 1.64. The predicted octanol–water partition coefficient (Wildman–Crippen LogP) is 3.52. The highest BCUT2D eigenvalue weighted by molar-refractivity contribution is 5.75. The van der Waals surface area contributed by atoms with Crippen molar-refractivity contribution in [2.45, 2.75) is 19.3 Å². The van der Waals surface area contributed by atoms with E-state index in [4.69, 9.17) is 9.52 Å². The van der Waals surface area contributed by atoms with Crippen LogP contribution in [0.4, 0.5) is 8.78 Å². The number of benzene rings is 1. The number of furan rings is 1. The summed E-state index contributed by atoms with van der Waals surface area (Å²) >= 11 is 0. The van der Waals surface area contributed by atoms with Crippen LogP contribution >= 0.6 is 0 Å². The number of carboxylic acids is 1. The molecule has 0 fully saturated rings. The molecule has 0 unspecified atom stereocenters. The summed E-state index contributed by atoms with van der Waals surface area (Å²) < 4.78 is 31.3. The summed E-state index contributed by atoms with van der Waals surface area (Å²) in [5.41, 5.74) is 1.84. The van der Waals surface area contributed by atoms with Gasteiger partial charge in [-0.1, -0.05) is 29.8 Å². The summed E-state index contributed by atoms with van der Waals surface area (Å²) in [5, 5.41) is 8.37. The Hall–Kier alpha value is -2.17. The summed E-state index contributed by atoms with van der Waals surface area (Å²) in [4.78, 5) is 10.3. The number of alkyl halides is 2. The van der Waals surface area contributed by atoms with Gasteiger partial charge in [0, 0.05) is 5.56 Å². The van der Waals surface area contributed by atoms with Crippen LogP contribution in [-0.2, 0) is 11.2 Å². The molecular formula is C14H12F2O3. The van der Waals surface area contributed by atoms with E-state index in [0.717, 1.165) is 11.1 Å². The molecular weight excluding hydrogens is 254 g/mol. The highest BCUT2D eigenvalue weighted by atomic mass is 19.3. The van der Waals surface area contributed by atoms with E-state index in [1.807, 2.05) is 31.2 Å². The molecule has 2 rings (SSSR count). The lowest BCUT2D eigenvalue weighted by atomic mass is 10.1. The average Bonchev–Trinajstić information content (AvgIpc) is 2.77. The summed E-state index contributed by atoms with van der Waals surface area (Å²) in [6, 6.07) is 10.3. The molecule has 1 heterocycles. The van der Waals surface area contributed by atoms with E-state index in [0.29, 0.717) is 5.76 Å². The quantitative estimate of drug-likeness (QED) is 0.921. The lowest BCUT2D eigenvalue weighted by Gasteiger charge is -2.08. The molecule has 0 saturated carbocycles. The molecule has 0 aliphatic rings. The SMILES string of the molecule is Cc1ccc(-c2ccc(CC(F)(F)C(=O)O)o2)cc1. The summed E-state index contributed by atoms with van der Waals surface area (Å²) in [6.07, 6.45) is -0.950. The third-order valence-corrected chi connectivity index (χ3v) is 2.71. The molecule has 0 atom stereocenters. The number of carbonyl (C=O) groups is 1. The van der Waals surface area contributed by atoms with E-state index in [9.17, 15) is 13.6 Å². The van der Waals surface area contributed by atoms with Crippen LogP contribution in [0.2, 0.25) is 0 Å². The van der Waals surface area contributed by atoms with E-state index in [2.05, 4.69) is 0 Å². The third kappa shape index (κ3) is 2.99. The number of rotatable bonds is 4. The average molecular weight is 266 g/mol. The molecule has 0 radical (unpaired) electrons. The van der Waals surface area contributed by atoms with Crippen LogP contribution < -0.4 is 0 Å². The van der Waals surface area contributed by atoms with Gasteiger partial charge in [0.15, 0.2) is 0 Å². The van der Waals surface area contributed by atoms with Crippen LogP contribution in [0.5, 0.6) is 0 Å². The second-order valence-corrected chi connectivity index (χ2v) is 4.32. The van der Waals surface area contributed by atoms with Crippen molar-refractivity contribution in [2.24, 2.45) is 0 Å². The van der Waals surface area contributed by atoms with Gasteiger partial charge in [0.1, 0.15) is 11.5 Å². The maximum Gasteiger partial charge on any atom is 0.375 e. The molecule has 19 heavy (non-hydrogen) atoms. The van der Waals surface area contributed by atoms with E-state index < -0.39 is 18.3 Å². The van der Waals surface area contributed by atoms with Gasteiger partial charge in [0.25, 0.3) is 0 Å². The van der Waals surface area contributed by atoms with E-state index >= 15 is 0 Å². The van der Waals surface area contributed by atoms with Gasteiger partial charge in [-0.2, -0.15) is 8.78 Å². The van der Waals surface area contributed by atoms with Crippen molar-refractivity contribution in [1.29, 1.82) is 0 Å². The Kier molecular flexibility index (Phi) is 3.38. The van der Waals surface area contributed by atoms with E-state index in [-0.39, 0.29) is 5.76 Å². The predicted molar refractivity (Wildman–Crippen MR) is 65.2 cm³/mol. The van der Waals surface area contributed by atoms with Crippen LogP contribution in [0.25, 0.3) is 11.3 Å². The van der Waals surface area contributed by atoms with E-state index in [1.54, 1.807) is 6.07 Å². The van der Waals surface area contributed by atoms with Crippen molar-refractivity contribution in [3.05, 3.63) is 47.7 Å². The number of hydrogen-bond acceptors (Lipinski definition) is 2. The van der Waals surface area contributed by atoms with Gasteiger partial charge in [-0.25, -0.2) is 4.79 Å². The Bertz CT molecular complexity index is 585. The molecule has 0 spiro atoms. The zero-order valence-corrected chi connectivity index (χ0v) is 10.2. The standard InChI is InChI=1S/C14H12F2O3/c1-9-2-4-10(5-3-9)12-7-6-11(19-12)8-14(15,16)13(17)18/h2-7H,8H2,1H3,(H,17,18). The molecule has 1 aromatic carbocycles. The number of carboxylic acid groups (broad SMARTS) is 1. The van der Waals surface area contributed by atoms with Crippen molar-refractivity contribution in [3.8, 4) is 11.3 Å². The minimum atomic E-state index is -3.82. The first-order valence-corrected chi connectivity index (χ1v) is 5.65. The maximum absolute atomic E-state index is 13.0. The third-order valence-electron chi connectivity index (χ3n) is 2.71. The second kappa shape index (κ2) is 4.84. The van der Waals surface area contributed by atoms with Gasteiger partial charge in [-0.15, -0.1) is 0 Å². The number of hydrogen-bond donors (Lipinski definition) is 1. The number of aliphatic carboxylic acids is 1. The fraction of sp³-hybridized carbons (Fsp3) is 0.214. The monoisotopic (exact) mass is 266 g/mol. The van der Waals surface area contributed by atoms with Crippen LogP contribution in [0.3, 0.4) is 0 Å². The van der Waals surface area contributed by atoms with E-state index in [1.165, 1.54) is 6.07 Å². The van der Waals surface area contributed by atoms with Gasteiger partial charge in [0.05, 0.1) is 6.42 Å². The largest absolute Gasteiger partial charge is 0.477 e. The van der Waals surface area contributed by atoms with Gasteiger partial charge in [0.2, 0.25) is 0 Å². The normalized spacial score (nSPS) is 11.5. The first-order chi connectivity index (χ1) is 8.88. The molecule has 1 aromatic heterocycles. The van der Waals surface area contributed by atoms with Gasteiger partial charge in [-0.3, -0.25) is 0 Å². The molecule has 0 aliphatic carbocycles. The lowest BCUT2D eigenvalue weighted by Crippen LogP contribution is -2.30. The smallest absolute Gasteiger partial charge is 0.375 e. The molecule has 1 N–H and O–H groups in total. The summed E-state index contributed by atoms with van der Waals surface area (Å²) in [5.74, 6) is -5.58. The van der Waals surface area contributed by atoms with Gasteiger partial charge in [-0.05, 0) is 19.1 Å². The molecule has 0 saturated heterocycles. The molecule has 100 valence electrons. The first kappa shape index (κ1) is 13.3. The zero-order chi connectivity index (χ0) is 14.0. The number of aryl methyl sites for hydroxylation is 1. The lowest BCUT2D eigenvalue weighted by molar-refractivity contribution is -0.164. The highest BCUT2D eigenvalue weighted by Gasteiger charge is 2.40. The van der Waals surface area contributed by atoms with Crippen molar-refractivity contribution in [3.63, 3.8) is 0 Å². The summed E-state index contributed by atoms with van der Waals surface area (Å²) in [6.45, 7) is 1.94. The summed E-state index contributed by atoms with van der Waals surface area (Å²) in [7, 11) is 0. The van der Waals surface area contributed by atoms with Gasteiger partial charge < -0.3 is 9.52 Å². The van der Waals surface area contributed by atoms with Gasteiger partial charge >= 0.3 is 11.9 Å². The first-order valence-electron chi connectivity index (χ1n) is 5.65. The Balaban J connectivity index is 2.20. The topological polar surface area (TPSA) is 50.4 Å². The van der Waals surface area contributed by atoms with Crippen LogP contribution in [0.1, 0.15) is 11.3 Å². The van der Waals surface area contributed by atoms with Crippen molar-refractivity contribution >= 4 is 5.97 Å². The Morgan fingerprint density at radius 2 is 1.84 bits per heavy atom. The van der Waals surface area contributed by atoms with Crippen LogP contribution in [0.15, 0.2) is 40.8 Å². The minimum Gasteiger partial charge on any atom is -0.477 e. The second-order valence-electron chi connectivity index (χ2n) is 4.32. The molecule has 5 heteroatoms. The van der Waals surface area contributed by atoms with Crippen molar-refractivity contribution in [2.75, 3.05) is 0 Å².